The fraction of sp³-hybridized carbons (Fsp3) is 0.375. The van der Waals surface area contributed by atoms with E-state index in [1.807, 2.05) is 13.8 Å². The van der Waals surface area contributed by atoms with Crippen LogP contribution in [0.1, 0.15) is 30.6 Å². The number of nitrogens with zero attached hydrogens (tertiary/aromatic N) is 2. The third-order valence-electron chi connectivity index (χ3n) is 3.58. The first kappa shape index (κ1) is 16.7. The number of carbonyl (C=O) groups excluding carboxylic acids is 2. The average Bonchev–Trinajstić information content (AvgIpc) is 2.56. The molecule has 1 heterocycles. The molecule has 1 N–H and O–H groups in total. The number of nitrogens with one attached hydrogen (secondary N) is 1. The molecule has 0 aliphatic heterocycles. The number of rotatable bonds is 5. The van der Waals surface area contributed by atoms with Crippen LogP contribution in [0, 0.1) is 0 Å². The van der Waals surface area contributed by atoms with Gasteiger partial charge in [-0.15, -0.1) is 0 Å². The maximum Gasteiger partial charge on any atom is 0.337 e. The van der Waals surface area contributed by atoms with Gasteiger partial charge in [0.25, 0.3) is 5.56 Å². The minimum Gasteiger partial charge on any atom is -0.465 e. The van der Waals surface area contributed by atoms with Crippen LogP contribution in [0.5, 0.6) is 0 Å². The highest BCUT2D eigenvalue weighted by Gasteiger charge is 2.12. The lowest BCUT2D eigenvalue weighted by Gasteiger charge is -2.12. The van der Waals surface area contributed by atoms with Gasteiger partial charge in [0, 0.05) is 6.04 Å². The van der Waals surface area contributed by atoms with Gasteiger partial charge in [0.05, 0.1) is 29.9 Å². The number of hydrogen-bond donors (Lipinski definition) is 1. The third kappa shape index (κ3) is 3.74. The number of carbonyl (C=O) groups is 2. The Labute approximate surface area is 133 Å². The summed E-state index contributed by atoms with van der Waals surface area (Å²) in [6, 6.07) is 4.56. The minimum atomic E-state index is -0.495. The van der Waals surface area contributed by atoms with Crippen molar-refractivity contribution in [2.75, 3.05) is 7.11 Å². The van der Waals surface area contributed by atoms with Crippen molar-refractivity contribution in [3.8, 4) is 0 Å². The van der Waals surface area contributed by atoms with Crippen molar-refractivity contribution in [1.82, 2.24) is 14.9 Å². The van der Waals surface area contributed by atoms with Gasteiger partial charge in [0.1, 0.15) is 6.54 Å². The Morgan fingerprint density at radius 3 is 2.78 bits per heavy atom. The smallest absolute Gasteiger partial charge is 0.337 e. The molecule has 1 atom stereocenters. The van der Waals surface area contributed by atoms with Gasteiger partial charge < -0.3 is 10.1 Å². The highest BCUT2D eigenvalue weighted by atomic mass is 16.5. The van der Waals surface area contributed by atoms with E-state index in [1.54, 1.807) is 0 Å². The normalized spacial score (nSPS) is 12.0. The van der Waals surface area contributed by atoms with Gasteiger partial charge in [-0.05, 0) is 31.5 Å². The lowest BCUT2D eigenvalue weighted by Crippen LogP contribution is -2.37. The summed E-state index contributed by atoms with van der Waals surface area (Å²) in [5.74, 6) is -0.736. The SMILES string of the molecule is CC[C@H](C)NC(=O)Cn1cnc2cc(C(=O)OC)ccc2c1=O. The molecule has 0 fully saturated rings. The number of fused-ring (bicyclic) bond motifs is 1. The van der Waals surface area contributed by atoms with E-state index < -0.39 is 5.97 Å². The number of esters is 1. The summed E-state index contributed by atoms with van der Waals surface area (Å²) in [7, 11) is 1.29. The topological polar surface area (TPSA) is 90.3 Å². The summed E-state index contributed by atoms with van der Waals surface area (Å²) >= 11 is 0. The molecule has 0 saturated carbocycles. The molecule has 122 valence electrons. The van der Waals surface area contributed by atoms with Gasteiger partial charge in [-0.25, -0.2) is 9.78 Å². The Morgan fingerprint density at radius 2 is 2.13 bits per heavy atom. The van der Waals surface area contributed by atoms with Crippen LogP contribution in [0.3, 0.4) is 0 Å². The monoisotopic (exact) mass is 317 g/mol. The average molecular weight is 317 g/mol. The first-order valence-electron chi connectivity index (χ1n) is 7.33. The zero-order valence-corrected chi connectivity index (χ0v) is 13.3. The maximum atomic E-state index is 12.4. The molecule has 0 unspecified atom stereocenters. The second kappa shape index (κ2) is 7.04. The fourth-order valence-corrected chi connectivity index (χ4v) is 2.09. The van der Waals surface area contributed by atoms with Crippen molar-refractivity contribution in [2.45, 2.75) is 32.9 Å². The van der Waals surface area contributed by atoms with Gasteiger partial charge in [-0.1, -0.05) is 6.92 Å². The second-order valence-corrected chi connectivity index (χ2v) is 5.28. The molecule has 23 heavy (non-hydrogen) atoms. The highest BCUT2D eigenvalue weighted by molar-refractivity contribution is 5.94. The van der Waals surface area contributed by atoms with Gasteiger partial charge in [-0.2, -0.15) is 0 Å². The Hall–Kier alpha value is -2.70. The Morgan fingerprint density at radius 1 is 1.39 bits per heavy atom. The number of aromatic nitrogens is 2. The third-order valence-corrected chi connectivity index (χ3v) is 3.58. The summed E-state index contributed by atoms with van der Waals surface area (Å²) in [5, 5.41) is 3.14. The van der Waals surface area contributed by atoms with Crippen molar-refractivity contribution in [3.63, 3.8) is 0 Å². The van der Waals surface area contributed by atoms with E-state index in [1.165, 1.54) is 36.2 Å². The molecule has 2 aromatic rings. The molecule has 0 radical (unpaired) electrons. The van der Waals surface area contributed by atoms with Crippen LogP contribution in [0.25, 0.3) is 10.9 Å². The molecule has 0 aliphatic rings. The summed E-state index contributed by atoms with van der Waals surface area (Å²) in [4.78, 5) is 39.9. The van der Waals surface area contributed by atoms with E-state index in [2.05, 4.69) is 15.0 Å². The molecule has 1 amide bonds. The van der Waals surface area contributed by atoms with Crippen molar-refractivity contribution in [3.05, 3.63) is 40.4 Å². The molecule has 2 rings (SSSR count). The van der Waals surface area contributed by atoms with Crippen LogP contribution in [0.2, 0.25) is 0 Å². The number of amides is 1. The van der Waals surface area contributed by atoms with Crippen LogP contribution in [0.15, 0.2) is 29.3 Å². The van der Waals surface area contributed by atoms with E-state index in [0.29, 0.717) is 16.5 Å². The quantitative estimate of drug-likeness (QED) is 0.834. The molecule has 0 bridgehead atoms. The second-order valence-electron chi connectivity index (χ2n) is 5.28. The molecule has 0 aliphatic carbocycles. The maximum absolute atomic E-state index is 12.4. The van der Waals surface area contributed by atoms with Crippen molar-refractivity contribution >= 4 is 22.8 Å². The summed E-state index contributed by atoms with van der Waals surface area (Å²) in [5.41, 5.74) is 0.376. The summed E-state index contributed by atoms with van der Waals surface area (Å²) < 4.78 is 5.88. The zero-order valence-electron chi connectivity index (χ0n) is 13.3. The van der Waals surface area contributed by atoms with E-state index >= 15 is 0 Å². The molecular weight excluding hydrogens is 298 g/mol. The fourth-order valence-electron chi connectivity index (χ4n) is 2.09. The Kier molecular flexibility index (Phi) is 5.10. The van der Waals surface area contributed by atoms with Crippen molar-refractivity contribution in [2.24, 2.45) is 0 Å². The zero-order chi connectivity index (χ0) is 17.0. The molecule has 0 saturated heterocycles. The molecule has 0 spiro atoms. The van der Waals surface area contributed by atoms with E-state index in [0.717, 1.165) is 6.42 Å². The van der Waals surface area contributed by atoms with Crippen molar-refractivity contribution < 1.29 is 14.3 Å². The predicted molar refractivity (Wildman–Crippen MR) is 85.2 cm³/mol. The van der Waals surface area contributed by atoms with E-state index in [9.17, 15) is 14.4 Å². The summed E-state index contributed by atoms with van der Waals surface area (Å²) in [6.45, 7) is 3.77. The van der Waals surface area contributed by atoms with Gasteiger partial charge in [0.15, 0.2) is 0 Å². The lowest BCUT2D eigenvalue weighted by molar-refractivity contribution is -0.122. The van der Waals surface area contributed by atoms with Crippen LogP contribution in [0.4, 0.5) is 0 Å². The standard InChI is InChI=1S/C16H19N3O4/c1-4-10(2)18-14(20)8-19-9-17-13-7-11(16(22)23-3)5-6-12(13)15(19)21/h5-7,9-10H,4,8H2,1-3H3,(H,18,20)/t10-/m0/s1. The van der Waals surface area contributed by atoms with Gasteiger partial charge >= 0.3 is 5.97 Å². The first-order chi connectivity index (χ1) is 11.0. The molecule has 1 aromatic carbocycles. The number of methoxy groups -OCH3 is 1. The largest absolute Gasteiger partial charge is 0.465 e. The number of benzene rings is 1. The number of hydrogen-bond acceptors (Lipinski definition) is 5. The minimum absolute atomic E-state index is 0.0502. The Bertz CT molecular complexity index is 798. The van der Waals surface area contributed by atoms with Gasteiger partial charge in [-0.3, -0.25) is 14.2 Å². The van der Waals surface area contributed by atoms with Crippen LogP contribution in [-0.4, -0.2) is 34.6 Å². The first-order valence-corrected chi connectivity index (χ1v) is 7.33. The van der Waals surface area contributed by atoms with Crippen molar-refractivity contribution in [1.29, 1.82) is 0 Å². The van der Waals surface area contributed by atoms with E-state index in [-0.39, 0.29) is 24.1 Å². The molecule has 7 nitrogen and oxygen atoms in total. The lowest BCUT2D eigenvalue weighted by atomic mass is 10.1. The predicted octanol–water partition coefficient (Wildman–Crippen LogP) is 1.10. The molecular formula is C16H19N3O4. The number of ether oxygens (including phenoxy) is 1. The van der Waals surface area contributed by atoms with Crippen LogP contribution in [-0.2, 0) is 16.1 Å². The van der Waals surface area contributed by atoms with Gasteiger partial charge in [0.2, 0.25) is 5.91 Å². The van der Waals surface area contributed by atoms with Crippen LogP contribution >= 0.6 is 0 Å². The molecule has 7 heteroatoms. The van der Waals surface area contributed by atoms with E-state index in [4.69, 9.17) is 0 Å². The Balaban J connectivity index is 2.31. The molecule has 1 aromatic heterocycles. The highest BCUT2D eigenvalue weighted by Crippen LogP contribution is 2.11. The summed E-state index contributed by atoms with van der Waals surface area (Å²) in [6.07, 6.45) is 2.12. The van der Waals surface area contributed by atoms with Crippen LogP contribution < -0.4 is 10.9 Å².